The van der Waals surface area contributed by atoms with E-state index in [4.69, 9.17) is 14.9 Å². The van der Waals surface area contributed by atoms with E-state index >= 15 is 4.39 Å². The first-order valence-corrected chi connectivity index (χ1v) is 9.65. The van der Waals surface area contributed by atoms with Crippen LogP contribution < -0.4 is 16.0 Å². The molecule has 0 atom stereocenters. The number of amides is 1. The van der Waals surface area contributed by atoms with Crippen LogP contribution in [0.5, 0.6) is 5.75 Å². The maximum Gasteiger partial charge on any atom is 0.260 e. The molecule has 3 aromatic carbocycles. The quantitative estimate of drug-likeness (QED) is 0.427. The van der Waals surface area contributed by atoms with Crippen molar-refractivity contribution in [3.63, 3.8) is 0 Å². The normalized spacial score (nSPS) is 11.5. The second-order valence-corrected chi connectivity index (χ2v) is 7.48. The summed E-state index contributed by atoms with van der Waals surface area (Å²) in [5.74, 6) is -1.63. The maximum atomic E-state index is 15.8. The van der Waals surface area contributed by atoms with Gasteiger partial charge in [0.15, 0.2) is 0 Å². The molecule has 0 unspecified atom stereocenters. The van der Waals surface area contributed by atoms with E-state index < -0.39 is 23.1 Å². The molecule has 0 spiro atoms. The van der Waals surface area contributed by atoms with Crippen LogP contribution in [0.25, 0.3) is 44.0 Å². The number of benzene rings is 3. The van der Waals surface area contributed by atoms with Crippen LogP contribution in [0.2, 0.25) is 0 Å². The molecule has 0 saturated carbocycles. The number of nitrogens with one attached hydrogen (secondary N) is 1. The fraction of sp³-hybridized carbons (Fsp3) is 0.0833. The highest BCUT2D eigenvalue weighted by Gasteiger charge is 2.22. The van der Waals surface area contributed by atoms with Gasteiger partial charge in [-0.1, -0.05) is 0 Å². The zero-order valence-corrected chi connectivity index (χ0v) is 17.0. The minimum atomic E-state index is -0.714. The molecular weight excluding hydrogens is 418 g/mol. The molecule has 2 aromatic heterocycles. The Labute approximate surface area is 179 Å². The number of rotatable bonds is 3. The predicted octanol–water partition coefficient (Wildman–Crippen LogP) is 4.79. The Morgan fingerprint density at radius 3 is 2.56 bits per heavy atom. The fourth-order valence-electron chi connectivity index (χ4n) is 4.10. The van der Waals surface area contributed by atoms with Crippen molar-refractivity contribution in [2.75, 3.05) is 7.11 Å². The van der Waals surface area contributed by atoms with Crippen molar-refractivity contribution >= 4 is 38.7 Å². The largest absolute Gasteiger partial charge is 0.496 e. The van der Waals surface area contributed by atoms with Gasteiger partial charge in [0.2, 0.25) is 0 Å². The number of carbonyl (C=O) groups excluding carboxylic acids is 1. The zero-order chi connectivity index (χ0) is 22.7. The van der Waals surface area contributed by atoms with E-state index in [1.54, 1.807) is 19.1 Å². The molecule has 32 heavy (non-hydrogen) atoms. The van der Waals surface area contributed by atoms with Gasteiger partial charge >= 0.3 is 0 Å². The molecule has 0 bridgehead atoms. The molecule has 8 heteroatoms. The number of aryl methyl sites for hydroxylation is 1. The Hall–Kier alpha value is -4.20. The van der Waals surface area contributed by atoms with Gasteiger partial charge in [0.25, 0.3) is 11.5 Å². The lowest BCUT2D eigenvalue weighted by atomic mass is 9.95. The number of aromatic nitrogens is 1. The topological polar surface area (TPSA) is 98.3 Å². The third kappa shape index (κ3) is 2.76. The van der Waals surface area contributed by atoms with E-state index in [2.05, 4.69) is 4.98 Å². The third-order valence-corrected chi connectivity index (χ3v) is 5.60. The molecular formula is C24H16F2N2O4. The van der Waals surface area contributed by atoms with Crippen molar-refractivity contribution in [1.82, 2.24) is 4.98 Å². The summed E-state index contributed by atoms with van der Waals surface area (Å²) < 4.78 is 40.5. The lowest BCUT2D eigenvalue weighted by molar-refractivity contribution is 0.0997. The van der Waals surface area contributed by atoms with E-state index in [-0.39, 0.29) is 44.3 Å². The number of halogens is 2. The SMILES string of the molecule is COc1cc(C)c(-c2ccc3oc4c5ccc(F)cc5[nH]c(=O)c4c3c2F)cc1C(N)=O. The summed E-state index contributed by atoms with van der Waals surface area (Å²) in [7, 11) is 1.41. The summed E-state index contributed by atoms with van der Waals surface area (Å²) in [6, 6.07) is 10.0. The number of aromatic amines is 1. The number of methoxy groups -OCH3 is 1. The predicted molar refractivity (Wildman–Crippen MR) is 117 cm³/mol. The molecule has 160 valence electrons. The molecule has 1 amide bonds. The van der Waals surface area contributed by atoms with Gasteiger partial charge in [-0.15, -0.1) is 0 Å². The Bertz CT molecular complexity index is 1650. The molecule has 0 aliphatic carbocycles. The van der Waals surface area contributed by atoms with Crippen molar-refractivity contribution in [2.24, 2.45) is 5.73 Å². The minimum absolute atomic E-state index is 0.000757. The Balaban J connectivity index is 1.86. The molecule has 0 saturated heterocycles. The second-order valence-electron chi connectivity index (χ2n) is 7.48. The number of fused-ring (bicyclic) bond motifs is 5. The number of pyridine rings is 1. The fourth-order valence-corrected chi connectivity index (χ4v) is 4.10. The van der Waals surface area contributed by atoms with Crippen LogP contribution in [-0.2, 0) is 0 Å². The highest BCUT2D eigenvalue weighted by molar-refractivity contribution is 6.14. The van der Waals surface area contributed by atoms with Crippen LogP contribution >= 0.6 is 0 Å². The highest BCUT2D eigenvalue weighted by atomic mass is 19.1. The first kappa shape index (κ1) is 19.7. The third-order valence-electron chi connectivity index (χ3n) is 5.60. The van der Waals surface area contributed by atoms with Crippen molar-refractivity contribution in [3.8, 4) is 16.9 Å². The van der Waals surface area contributed by atoms with E-state index in [1.165, 1.54) is 37.4 Å². The van der Waals surface area contributed by atoms with Crippen LogP contribution in [0.1, 0.15) is 15.9 Å². The van der Waals surface area contributed by atoms with E-state index in [0.29, 0.717) is 16.5 Å². The molecule has 3 N–H and O–H groups in total. The average molecular weight is 434 g/mol. The lowest BCUT2D eigenvalue weighted by Crippen LogP contribution is -2.13. The van der Waals surface area contributed by atoms with Gasteiger partial charge < -0.3 is 19.9 Å². The number of ether oxygens (including phenoxy) is 1. The average Bonchev–Trinajstić information content (AvgIpc) is 3.15. The summed E-state index contributed by atoms with van der Waals surface area (Å²) in [6.45, 7) is 1.74. The standard InChI is InChI=1S/C24H16F2N2O4/c1-10-7-18(31-2)15(23(27)29)9-14(10)12-5-6-17-19(21(12)26)20-22(32-17)13-4-3-11(25)8-16(13)28-24(20)30/h3-9H,1-2H3,(H2,27,29)(H,28,30). The molecule has 5 rings (SSSR count). The van der Waals surface area contributed by atoms with Gasteiger partial charge in [-0.05, 0) is 60.5 Å². The molecule has 0 aliphatic heterocycles. The molecule has 0 aliphatic rings. The summed E-state index contributed by atoms with van der Waals surface area (Å²) in [6.07, 6.45) is 0. The first-order chi connectivity index (χ1) is 15.3. The van der Waals surface area contributed by atoms with Crippen LogP contribution in [0, 0.1) is 18.6 Å². The van der Waals surface area contributed by atoms with Gasteiger partial charge in [0.05, 0.1) is 29.0 Å². The summed E-state index contributed by atoms with van der Waals surface area (Å²) in [4.78, 5) is 27.2. The number of hydrogen-bond acceptors (Lipinski definition) is 4. The van der Waals surface area contributed by atoms with Crippen LogP contribution in [0.4, 0.5) is 8.78 Å². The van der Waals surface area contributed by atoms with E-state index in [1.807, 2.05) is 0 Å². The Morgan fingerprint density at radius 1 is 1.06 bits per heavy atom. The summed E-state index contributed by atoms with van der Waals surface area (Å²) in [5, 5.41) is 0.482. The number of furan rings is 1. The molecule has 0 fully saturated rings. The molecule has 6 nitrogen and oxygen atoms in total. The number of carbonyl (C=O) groups is 1. The monoisotopic (exact) mass is 434 g/mol. The number of primary amides is 1. The van der Waals surface area contributed by atoms with Crippen molar-refractivity contribution in [2.45, 2.75) is 6.92 Å². The van der Waals surface area contributed by atoms with Crippen molar-refractivity contribution in [1.29, 1.82) is 0 Å². The van der Waals surface area contributed by atoms with Crippen LogP contribution in [-0.4, -0.2) is 18.0 Å². The van der Waals surface area contributed by atoms with Gasteiger partial charge in [0.1, 0.15) is 28.5 Å². The van der Waals surface area contributed by atoms with Gasteiger partial charge in [0, 0.05) is 10.9 Å². The van der Waals surface area contributed by atoms with Gasteiger partial charge in [-0.25, -0.2) is 8.78 Å². The smallest absolute Gasteiger partial charge is 0.260 e. The number of nitrogens with two attached hydrogens (primary N) is 1. The summed E-state index contributed by atoms with van der Waals surface area (Å²) >= 11 is 0. The van der Waals surface area contributed by atoms with Crippen molar-refractivity contribution < 1.29 is 22.7 Å². The highest BCUT2D eigenvalue weighted by Crippen LogP contribution is 2.38. The number of H-pyrrole nitrogens is 1. The number of hydrogen-bond donors (Lipinski definition) is 2. The van der Waals surface area contributed by atoms with Gasteiger partial charge in [-0.2, -0.15) is 0 Å². The first-order valence-electron chi connectivity index (χ1n) is 9.65. The molecule has 5 aromatic rings. The van der Waals surface area contributed by atoms with Crippen LogP contribution in [0.15, 0.2) is 51.7 Å². The molecule has 2 heterocycles. The zero-order valence-electron chi connectivity index (χ0n) is 17.0. The second kappa shape index (κ2) is 6.91. The maximum absolute atomic E-state index is 15.8. The Kier molecular flexibility index (Phi) is 4.27. The van der Waals surface area contributed by atoms with E-state index in [9.17, 15) is 14.0 Å². The summed E-state index contributed by atoms with van der Waals surface area (Å²) in [5.41, 5.74) is 6.79. The Morgan fingerprint density at radius 2 is 1.84 bits per heavy atom. The van der Waals surface area contributed by atoms with E-state index in [0.717, 1.165) is 0 Å². The molecule has 0 radical (unpaired) electrons. The minimum Gasteiger partial charge on any atom is -0.496 e. The van der Waals surface area contributed by atoms with Gasteiger partial charge in [-0.3, -0.25) is 9.59 Å². The van der Waals surface area contributed by atoms with Crippen LogP contribution in [0.3, 0.4) is 0 Å². The van der Waals surface area contributed by atoms with Crippen molar-refractivity contribution in [3.05, 3.63) is 75.6 Å². The lowest BCUT2D eigenvalue weighted by Gasteiger charge is -2.13.